The largest absolute Gasteiger partial charge is 0.373 e. The average molecular weight is 248 g/mol. The summed E-state index contributed by atoms with van der Waals surface area (Å²) in [6.07, 6.45) is 1.22. The standard InChI is InChI=1S/C16H28N2/c1-6-14(4)16(17-7-2)12-18(5)15-10-8-13(3)9-11-15/h8-11,14,16-17H,6-7,12H2,1-5H3. The molecule has 102 valence electrons. The highest BCUT2D eigenvalue weighted by Crippen LogP contribution is 2.16. The highest BCUT2D eigenvalue weighted by atomic mass is 15.1. The van der Waals surface area contributed by atoms with Gasteiger partial charge in [0.05, 0.1) is 0 Å². The maximum absolute atomic E-state index is 3.60. The second-order valence-electron chi connectivity index (χ2n) is 5.27. The Kier molecular flexibility index (Phi) is 6.20. The van der Waals surface area contributed by atoms with Gasteiger partial charge in [-0.2, -0.15) is 0 Å². The lowest BCUT2D eigenvalue weighted by atomic mass is 9.98. The van der Waals surface area contributed by atoms with E-state index in [-0.39, 0.29) is 0 Å². The van der Waals surface area contributed by atoms with Gasteiger partial charge in [-0.1, -0.05) is 44.9 Å². The molecule has 0 saturated heterocycles. The van der Waals surface area contributed by atoms with E-state index in [9.17, 15) is 0 Å². The highest BCUT2D eigenvalue weighted by Gasteiger charge is 2.16. The summed E-state index contributed by atoms with van der Waals surface area (Å²) in [6.45, 7) is 11.0. The summed E-state index contributed by atoms with van der Waals surface area (Å²) in [5.41, 5.74) is 2.61. The quantitative estimate of drug-likeness (QED) is 0.795. The zero-order valence-corrected chi connectivity index (χ0v) is 12.5. The van der Waals surface area contributed by atoms with Gasteiger partial charge in [-0.05, 0) is 31.5 Å². The fourth-order valence-corrected chi connectivity index (χ4v) is 2.19. The van der Waals surface area contributed by atoms with E-state index in [2.05, 4.69) is 69.2 Å². The number of likely N-dealkylation sites (N-methyl/N-ethyl adjacent to an activating group) is 2. The molecule has 0 saturated carbocycles. The summed E-state index contributed by atoms with van der Waals surface area (Å²) in [5.74, 6) is 0.706. The molecule has 0 bridgehead atoms. The SMILES string of the molecule is CCNC(CN(C)c1ccc(C)cc1)C(C)CC. The first-order valence-electron chi connectivity index (χ1n) is 7.09. The lowest BCUT2D eigenvalue weighted by Crippen LogP contribution is -2.43. The Morgan fingerprint density at radius 3 is 2.28 bits per heavy atom. The minimum absolute atomic E-state index is 0.561. The van der Waals surface area contributed by atoms with Gasteiger partial charge in [-0.3, -0.25) is 0 Å². The lowest BCUT2D eigenvalue weighted by molar-refractivity contribution is 0.376. The fourth-order valence-electron chi connectivity index (χ4n) is 2.19. The van der Waals surface area contributed by atoms with Gasteiger partial charge in [0.1, 0.15) is 0 Å². The number of anilines is 1. The van der Waals surface area contributed by atoms with Gasteiger partial charge >= 0.3 is 0 Å². The summed E-state index contributed by atoms with van der Waals surface area (Å²) >= 11 is 0. The molecule has 0 radical (unpaired) electrons. The topological polar surface area (TPSA) is 15.3 Å². The Labute approximate surface area is 112 Å². The smallest absolute Gasteiger partial charge is 0.0364 e. The molecule has 1 aromatic carbocycles. The summed E-state index contributed by atoms with van der Waals surface area (Å²) in [6, 6.07) is 9.32. The second-order valence-corrected chi connectivity index (χ2v) is 5.27. The first-order chi connectivity index (χ1) is 8.58. The van der Waals surface area contributed by atoms with Crippen LogP contribution in [0, 0.1) is 12.8 Å². The Morgan fingerprint density at radius 2 is 1.78 bits per heavy atom. The van der Waals surface area contributed by atoms with Crippen LogP contribution in [0.1, 0.15) is 32.8 Å². The van der Waals surface area contributed by atoms with Gasteiger partial charge in [0.25, 0.3) is 0 Å². The van der Waals surface area contributed by atoms with Crippen molar-refractivity contribution in [3.63, 3.8) is 0 Å². The Bertz CT molecular complexity index is 331. The van der Waals surface area contributed by atoms with Crippen LogP contribution in [0.2, 0.25) is 0 Å². The van der Waals surface area contributed by atoms with Crippen LogP contribution in [-0.2, 0) is 0 Å². The molecule has 0 aliphatic carbocycles. The molecular formula is C16H28N2. The molecule has 0 aromatic heterocycles. The van der Waals surface area contributed by atoms with E-state index < -0.39 is 0 Å². The van der Waals surface area contributed by atoms with E-state index in [1.54, 1.807) is 0 Å². The van der Waals surface area contributed by atoms with Crippen molar-refractivity contribution in [2.45, 2.75) is 40.2 Å². The van der Waals surface area contributed by atoms with Gasteiger partial charge in [0.15, 0.2) is 0 Å². The van der Waals surface area contributed by atoms with Crippen LogP contribution in [0.15, 0.2) is 24.3 Å². The predicted octanol–water partition coefficient (Wildman–Crippen LogP) is 3.46. The van der Waals surface area contributed by atoms with Crippen molar-refractivity contribution in [3.05, 3.63) is 29.8 Å². The van der Waals surface area contributed by atoms with E-state index in [0.29, 0.717) is 12.0 Å². The summed E-state index contributed by atoms with van der Waals surface area (Å²) < 4.78 is 0. The molecule has 0 spiro atoms. The summed E-state index contributed by atoms with van der Waals surface area (Å²) in [7, 11) is 2.18. The van der Waals surface area contributed by atoms with Crippen molar-refractivity contribution < 1.29 is 0 Å². The fraction of sp³-hybridized carbons (Fsp3) is 0.625. The number of nitrogens with one attached hydrogen (secondary N) is 1. The van der Waals surface area contributed by atoms with Crippen molar-refractivity contribution in [2.75, 3.05) is 25.0 Å². The van der Waals surface area contributed by atoms with Crippen LogP contribution >= 0.6 is 0 Å². The third kappa shape index (κ3) is 4.34. The zero-order valence-electron chi connectivity index (χ0n) is 12.5. The van der Waals surface area contributed by atoms with Gasteiger partial charge in [-0.15, -0.1) is 0 Å². The number of hydrogen-bond acceptors (Lipinski definition) is 2. The highest BCUT2D eigenvalue weighted by molar-refractivity contribution is 5.46. The number of nitrogens with zero attached hydrogens (tertiary/aromatic N) is 1. The van der Waals surface area contributed by atoms with Gasteiger partial charge < -0.3 is 10.2 Å². The maximum atomic E-state index is 3.60. The molecule has 18 heavy (non-hydrogen) atoms. The van der Waals surface area contributed by atoms with Gasteiger partial charge in [0.2, 0.25) is 0 Å². The Hall–Kier alpha value is -1.02. The zero-order chi connectivity index (χ0) is 13.5. The van der Waals surface area contributed by atoms with Crippen molar-refractivity contribution in [2.24, 2.45) is 5.92 Å². The third-order valence-corrected chi connectivity index (χ3v) is 3.74. The molecule has 1 aromatic rings. The van der Waals surface area contributed by atoms with Gasteiger partial charge in [-0.25, -0.2) is 0 Å². The molecule has 2 heteroatoms. The van der Waals surface area contributed by atoms with Gasteiger partial charge in [0, 0.05) is 25.3 Å². The minimum atomic E-state index is 0.561. The molecule has 0 heterocycles. The molecule has 1 rings (SSSR count). The first-order valence-corrected chi connectivity index (χ1v) is 7.09. The Morgan fingerprint density at radius 1 is 1.17 bits per heavy atom. The normalized spacial score (nSPS) is 14.3. The molecule has 2 nitrogen and oxygen atoms in total. The van der Waals surface area contributed by atoms with E-state index in [0.717, 1.165) is 13.1 Å². The van der Waals surface area contributed by atoms with E-state index >= 15 is 0 Å². The predicted molar refractivity (Wildman–Crippen MR) is 81.4 cm³/mol. The molecule has 2 unspecified atom stereocenters. The molecule has 0 fully saturated rings. The monoisotopic (exact) mass is 248 g/mol. The average Bonchev–Trinajstić information content (AvgIpc) is 2.38. The van der Waals surface area contributed by atoms with E-state index in [1.807, 2.05) is 0 Å². The Balaban J connectivity index is 2.65. The molecular weight excluding hydrogens is 220 g/mol. The van der Waals surface area contributed by atoms with E-state index in [4.69, 9.17) is 0 Å². The lowest BCUT2D eigenvalue weighted by Gasteiger charge is -2.30. The van der Waals surface area contributed by atoms with Crippen LogP contribution in [-0.4, -0.2) is 26.2 Å². The van der Waals surface area contributed by atoms with Crippen molar-refractivity contribution >= 4 is 5.69 Å². The van der Waals surface area contributed by atoms with Crippen molar-refractivity contribution in [1.82, 2.24) is 5.32 Å². The second kappa shape index (κ2) is 7.42. The first kappa shape index (κ1) is 15.0. The van der Waals surface area contributed by atoms with Crippen LogP contribution in [0.4, 0.5) is 5.69 Å². The van der Waals surface area contributed by atoms with Crippen LogP contribution < -0.4 is 10.2 Å². The summed E-state index contributed by atoms with van der Waals surface area (Å²) in [4.78, 5) is 2.35. The van der Waals surface area contributed by atoms with E-state index in [1.165, 1.54) is 17.7 Å². The third-order valence-electron chi connectivity index (χ3n) is 3.74. The molecule has 0 amide bonds. The summed E-state index contributed by atoms with van der Waals surface area (Å²) in [5, 5.41) is 3.60. The number of aryl methyl sites for hydroxylation is 1. The molecule has 2 atom stereocenters. The molecule has 0 aliphatic rings. The number of hydrogen-bond donors (Lipinski definition) is 1. The van der Waals surface area contributed by atoms with Crippen LogP contribution in [0.3, 0.4) is 0 Å². The number of rotatable bonds is 7. The van der Waals surface area contributed by atoms with Crippen LogP contribution in [0.5, 0.6) is 0 Å². The maximum Gasteiger partial charge on any atom is 0.0364 e. The van der Waals surface area contributed by atoms with Crippen molar-refractivity contribution in [3.8, 4) is 0 Å². The number of benzene rings is 1. The molecule has 0 aliphatic heterocycles. The molecule has 1 N–H and O–H groups in total. The minimum Gasteiger partial charge on any atom is -0.373 e. The van der Waals surface area contributed by atoms with Crippen LogP contribution in [0.25, 0.3) is 0 Å². The van der Waals surface area contributed by atoms with Crippen molar-refractivity contribution in [1.29, 1.82) is 0 Å².